The predicted molar refractivity (Wildman–Crippen MR) is 53.5 cm³/mol. The number of alkyl halides is 3. The van der Waals surface area contributed by atoms with Gasteiger partial charge in [-0.25, -0.2) is 9.07 Å². The number of hydrogen-bond donors (Lipinski definition) is 1. The van der Waals surface area contributed by atoms with Crippen LogP contribution in [0.1, 0.15) is 5.56 Å². The average Bonchev–Trinajstić information content (AvgIpc) is 2.73. The van der Waals surface area contributed by atoms with Crippen LogP contribution in [0.3, 0.4) is 0 Å². The van der Waals surface area contributed by atoms with Crippen LogP contribution < -0.4 is 10.3 Å². The fraction of sp³-hybridized carbons (Fsp3) is 0.222. The van der Waals surface area contributed by atoms with Gasteiger partial charge in [-0.15, -0.1) is 0 Å². The highest BCUT2D eigenvalue weighted by molar-refractivity contribution is 5.30. The standard InChI is InChI=1S/C9H6F4N4O2/c1-19-7-5(9(11,12)13)6(18)15-8(16-7)17-3-4(10)2-14-17/h2-3H,1H3,(H,15,16,18). The number of ether oxygens (including phenoxy) is 1. The molecule has 0 aliphatic rings. The SMILES string of the molecule is COc1nc(-n2cc(F)cn2)[nH]c(=O)c1C(F)(F)F. The Hall–Kier alpha value is -2.39. The van der Waals surface area contributed by atoms with Crippen molar-refractivity contribution in [2.75, 3.05) is 7.11 Å². The third-order valence-corrected chi connectivity index (χ3v) is 2.12. The summed E-state index contributed by atoms with van der Waals surface area (Å²) in [7, 11) is 0.935. The van der Waals surface area contributed by atoms with E-state index in [1.54, 1.807) is 0 Å². The molecule has 19 heavy (non-hydrogen) atoms. The fourth-order valence-corrected chi connectivity index (χ4v) is 1.36. The van der Waals surface area contributed by atoms with Crippen molar-refractivity contribution in [2.45, 2.75) is 6.18 Å². The van der Waals surface area contributed by atoms with Gasteiger partial charge in [0.25, 0.3) is 5.56 Å². The van der Waals surface area contributed by atoms with E-state index in [1.807, 2.05) is 4.98 Å². The van der Waals surface area contributed by atoms with E-state index in [1.165, 1.54) is 0 Å². The summed E-state index contributed by atoms with van der Waals surface area (Å²) in [4.78, 5) is 16.7. The lowest BCUT2D eigenvalue weighted by atomic mass is 10.3. The molecular weight excluding hydrogens is 272 g/mol. The Bertz CT molecular complexity index is 661. The van der Waals surface area contributed by atoms with Crippen molar-refractivity contribution >= 4 is 0 Å². The minimum absolute atomic E-state index is 0.390. The number of H-pyrrole nitrogens is 1. The maximum Gasteiger partial charge on any atom is 0.426 e. The van der Waals surface area contributed by atoms with Crippen LogP contribution in [0.25, 0.3) is 5.95 Å². The van der Waals surface area contributed by atoms with E-state index in [9.17, 15) is 22.4 Å². The molecule has 0 saturated carbocycles. The van der Waals surface area contributed by atoms with Crippen LogP contribution in [0.5, 0.6) is 5.88 Å². The summed E-state index contributed by atoms with van der Waals surface area (Å²) in [5.41, 5.74) is -3.02. The first-order chi connectivity index (χ1) is 8.82. The van der Waals surface area contributed by atoms with Gasteiger partial charge in [-0.2, -0.15) is 23.3 Å². The van der Waals surface area contributed by atoms with Crippen LogP contribution in [0, 0.1) is 5.82 Å². The summed E-state index contributed by atoms with van der Waals surface area (Å²) in [6.45, 7) is 0. The van der Waals surface area contributed by atoms with Gasteiger partial charge >= 0.3 is 6.18 Å². The van der Waals surface area contributed by atoms with Crippen molar-refractivity contribution in [3.05, 3.63) is 34.1 Å². The molecule has 0 aromatic carbocycles. The monoisotopic (exact) mass is 278 g/mol. The van der Waals surface area contributed by atoms with Gasteiger partial charge in [0, 0.05) is 0 Å². The van der Waals surface area contributed by atoms with E-state index in [4.69, 9.17) is 0 Å². The van der Waals surface area contributed by atoms with Crippen molar-refractivity contribution in [3.8, 4) is 11.8 Å². The quantitative estimate of drug-likeness (QED) is 0.835. The van der Waals surface area contributed by atoms with Gasteiger partial charge in [0.15, 0.2) is 11.4 Å². The Balaban J connectivity index is 2.63. The molecule has 0 atom stereocenters. The highest BCUT2D eigenvalue weighted by Gasteiger charge is 2.39. The first-order valence-corrected chi connectivity index (χ1v) is 4.79. The maximum absolute atomic E-state index is 12.7. The number of aromatic nitrogens is 4. The smallest absolute Gasteiger partial charge is 0.426 e. The summed E-state index contributed by atoms with van der Waals surface area (Å²) in [5, 5.41) is 3.47. The third kappa shape index (κ3) is 2.41. The predicted octanol–water partition coefficient (Wildman–Crippen LogP) is 1.12. The van der Waals surface area contributed by atoms with Gasteiger partial charge in [0.1, 0.15) is 0 Å². The zero-order valence-corrected chi connectivity index (χ0v) is 9.32. The molecule has 102 valence electrons. The number of halogens is 4. The van der Waals surface area contributed by atoms with Crippen molar-refractivity contribution < 1.29 is 22.3 Å². The minimum Gasteiger partial charge on any atom is -0.480 e. The Kier molecular flexibility index (Phi) is 3.00. The van der Waals surface area contributed by atoms with Crippen LogP contribution in [0.2, 0.25) is 0 Å². The molecule has 2 heterocycles. The number of aromatic amines is 1. The lowest BCUT2D eigenvalue weighted by molar-refractivity contribution is -0.140. The van der Waals surface area contributed by atoms with Crippen molar-refractivity contribution in [1.29, 1.82) is 0 Å². The molecule has 0 spiro atoms. The number of hydrogen-bond acceptors (Lipinski definition) is 4. The first-order valence-electron chi connectivity index (χ1n) is 4.79. The van der Waals surface area contributed by atoms with E-state index >= 15 is 0 Å². The molecule has 1 N–H and O–H groups in total. The molecule has 0 unspecified atom stereocenters. The molecule has 0 amide bonds. The van der Waals surface area contributed by atoms with Crippen LogP contribution in [0.4, 0.5) is 17.6 Å². The molecule has 0 bridgehead atoms. The molecule has 2 aromatic heterocycles. The zero-order valence-electron chi connectivity index (χ0n) is 9.32. The number of nitrogens with zero attached hydrogens (tertiary/aromatic N) is 3. The summed E-state index contributed by atoms with van der Waals surface area (Å²) in [6.07, 6.45) is -3.27. The van der Waals surface area contributed by atoms with Gasteiger partial charge < -0.3 is 4.74 Å². The number of rotatable bonds is 2. The van der Waals surface area contributed by atoms with Gasteiger partial charge in [0.05, 0.1) is 19.5 Å². The molecule has 0 fully saturated rings. The molecular formula is C9H6F4N4O2. The average molecular weight is 278 g/mol. The molecule has 6 nitrogen and oxygen atoms in total. The molecule has 0 radical (unpaired) electrons. The van der Waals surface area contributed by atoms with Crippen LogP contribution >= 0.6 is 0 Å². The van der Waals surface area contributed by atoms with E-state index in [0.717, 1.165) is 24.2 Å². The summed E-state index contributed by atoms with van der Waals surface area (Å²) in [6, 6.07) is 0. The van der Waals surface area contributed by atoms with Crippen molar-refractivity contribution in [1.82, 2.24) is 19.7 Å². The molecule has 2 aromatic rings. The minimum atomic E-state index is -4.92. The van der Waals surface area contributed by atoms with Gasteiger partial charge in [-0.1, -0.05) is 0 Å². The lowest BCUT2D eigenvalue weighted by Crippen LogP contribution is -2.25. The number of nitrogens with one attached hydrogen (secondary N) is 1. The highest BCUT2D eigenvalue weighted by Crippen LogP contribution is 2.32. The Morgan fingerprint density at radius 3 is 2.58 bits per heavy atom. The van der Waals surface area contributed by atoms with E-state index in [0.29, 0.717) is 0 Å². The summed E-state index contributed by atoms with van der Waals surface area (Å²) < 4.78 is 55.8. The molecule has 10 heteroatoms. The third-order valence-electron chi connectivity index (χ3n) is 2.12. The molecule has 0 aliphatic heterocycles. The van der Waals surface area contributed by atoms with Crippen LogP contribution in [-0.2, 0) is 6.18 Å². The molecule has 0 aliphatic carbocycles. The van der Waals surface area contributed by atoms with Crippen molar-refractivity contribution in [2.24, 2.45) is 0 Å². The second-order valence-electron chi connectivity index (χ2n) is 3.37. The van der Waals surface area contributed by atoms with Crippen LogP contribution in [-0.4, -0.2) is 26.9 Å². The van der Waals surface area contributed by atoms with Gasteiger partial charge in [-0.05, 0) is 0 Å². The number of methoxy groups -OCH3 is 1. The van der Waals surface area contributed by atoms with Gasteiger partial charge in [-0.3, -0.25) is 9.78 Å². The molecule has 2 rings (SSSR count). The van der Waals surface area contributed by atoms with Gasteiger partial charge in [0.2, 0.25) is 11.8 Å². The van der Waals surface area contributed by atoms with E-state index in [2.05, 4.69) is 14.8 Å². The summed E-state index contributed by atoms with van der Waals surface area (Å²) in [5.74, 6) is -2.04. The Morgan fingerprint density at radius 1 is 1.42 bits per heavy atom. The van der Waals surface area contributed by atoms with E-state index < -0.39 is 34.9 Å². The fourth-order valence-electron chi connectivity index (χ4n) is 1.36. The topological polar surface area (TPSA) is 72.8 Å². The highest BCUT2D eigenvalue weighted by atomic mass is 19.4. The largest absolute Gasteiger partial charge is 0.480 e. The molecule has 0 saturated heterocycles. The first kappa shape index (κ1) is 13.1. The van der Waals surface area contributed by atoms with Crippen LogP contribution in [0.15, 0.2) is 17.2 Å². The normalized spacial score (nSPS) is 11.6. The zero-order chi connectivity index (χ0) is 14.2. The maximum atomic E-state index is 12.7. The Morgan fingerprint density at radius 2 is 2.11 bits per heavy atom. The second-order valence-corrected chi connectivity index (χ2v) is 3.37. The Labute approximate surface area is 102 Å². The summed E-state index contributed by atoms with van der Waals surface area (Å²) >= 11 is 0. The second kappa shape index (κ2) is 4.37. The van der Waals surface area contributed by atoms with Crippen molar-refractivity contribution in [3.63, 3.8) is 0 Å². The van der Waals surface area contributed by atoms with E-state index in [-0.39, 0.29) is 0 Å². The lowest BCUT2D eigenvalue weighted by Gasteiger charge is -2.10.